The van der Waals surface area contributed by atoms with Crippen molar-refractivity contribution in [3.8, 4) is 0 Å². The average Bonchev–Trinajstić information content (AvgIpc) is 2.31. The van der Waals surface area contributed by atoms with Crippen molar-refractivity contribution in [3.05, 3.63) is 11.8 Å². The van der Waals surface area contributed by atoms with Crippen molar-refractivity contribution in [2.45, 2.75) is 26.2 Å². The molecule has 0 atom stereocenters. The van der Waals surface area contributed by atoms with Crippen molar-refractivity contribution in [1.82, 2.24) is 4.37 Å². The summed E-state index contributed by atoms with van der Waals surface area (Å²) in [4.78, 5) is 0. The number of rotatable bonds is 3. The Kier molecular flexibility index (Phi) is 2.68. The fourth-order valence-electron chi connectivity index (χ4n) is 0.804. The van der Waals surface area contributed by atoms with Crippen molar-refractivity contribution in [2.75, 3.05) is 5.73 Å². The lowest BCUT2D eigenvalue weighted by Gasteiger charge is -1.89. The minimum absolute atomic E-state index is 0.825. The molecule has 0 spiro atoms. The van der Waals surface area contributed by atoms with E-state index in [4.69, 9.17) is 5.73 Å². The molecule has 0 aliphatic rings. The summed E-state index contributed by atoms with van der Waals surface area (Å²) in [6, 6.07) is 1.96. The molecule has 2 nitrogen and oxygen atoms in total. The molecule has 56 valence electrons. The van der Waals surface area contributed by atoms with E-state index < -0.39 is 0 Å². The quantitative estimate of drug-likeness (QED) is 0.727. The highest BCUT2D eigenvalue weighted by Gasteiger charge is 1.96. The zero-order valence-electron chi connectivity index (χ0n) is 6.13. The van der Waals surface area contributed by atoms with E-state index in [-0.39, 0.29) is 0 Å². The molecule has 1 rings (SSSR count). The number of aromatic nitrogens is 1. The summed E-state index contributed by atoms with van der Waals surface area (Å²) in [6.45, 7) is 2.18. The van der Waals surface area contributed by atoms with Crippen LogP contribution in [0.15, 0.2) is 6.07 Å². The first-order chi connectivity index (χ1) is 4.83. The number of aryl methyl sites for hydroxylation is 1. The highest BCUT2D eigenvalue weighted by atomic mass is 32.1. The number of nitrogens with two attached hydrogens (primary N) is 1. The van der Waals surface area contributed by atoms with E-state index in [0.29, 0.717) is 0 Å². The van der Waals surface area contributed by atoms with E-state index in [0.717, 1.165) is 17.1 Å². The summed E-state index contributed by atoms with van der Waals surface area (Å²) in [7, 11) is 0. The summed E-state index contributed by atoms with van der Waals surface area (Å²) in [5.41, 5.74) is 6.65. The maximum Gasteiger partial charge on any atom is 0.107 e. The first-order valence-electron chi connectivity index (χ1n) is 3.54. The molecule has 0 radical (unpaired) electrons. The van der Waals surface area contributed by atoms with Crippen LogP contribution >= 0.6 is 11.5 Å². The molecule has 0 saturated heterocycles. The molecule has 0 bridgehead atoms. The Hall–Kier alpha value is -0.570. The van der Waals surface area contributed by atoms with Crippen LogP contribution < -0.4 is 5.73 Å². The predicted octanol–water partition coefficient (Wildman–Crippen LogP) is 2.07. The van der Waals surface area contributed by atoms with Gasteiger partial charge >= 0.3 is 0 Å². The second-order valence-corrected chi connectivity index (χ2v) is 3.16. The zero-order chi connectivity index (χ0) is 7.40. The number of nitrogens with zero attached hydrogens (tertiary/aromatic N) is 1. The van der Waals surface area contributed by atoms with Crippen molar-refractivity contribution in [3.63, 3.8) is 0 Å². The Labute approximate surface area is 65.2 Å². The molecule has 1 aromatic heterocycles. The van der Waals surface area contributed by atoms with E-state index in [1.54, 1.807) is 0 Å². The Bertz CT molecular complexity index is 195. The molecule has 3 heteroatoms. The molecule has 2 N–H and O–H groups in total. The third-order valence-electron chi connectivity index (χ3n) is 1.36. The standard InChI is InChI=1S/C7H12N2S/c1-2-3-4-6-5-7(8)10-9-6/h5H,2-4,8H2,1H3. The van der Waals surface area contributed by atoms with Crippen LogP contribution in [0.1, 0.15) is 25.5 Å². The average molecular weight is 156 g/mol. The van der Waals surface area contributed by atoms with E-state index in [1.807, 2.05) is 6.07 Å². The molecule has 0 aromatic carbocycles. The molecule has 0 amide bonds. The van der Waals surface area contributed by atoms with Crippen LogP contribution in [-0.4, -0.2) is 4.37 Å². The molecular formula is C7H12N2S. The number of hydrogen-bond donors (Lipinski definition) is 1. The molecule has 0 aliphatic heterocycles. The Balaban J connectivity index is 2.42. The number of nitrogen functional groups attached to an aromatic ring is 1. The van der Waals surface area contributed by atoms with Gasteiger partial charge in [0.15, 0.2) is 0 Å². The fourth-order valence-corrected chi connectivity index (χ4v) is 1.36. The van der Waals surface area contributed by atoms with Crippen LogP contribution in [0.4, 0.5) is 5.00 Å². The Morgan fingerprint density at radius 2 is 2.50 bits per heavy atom. The lowest BCUT2D eigenvalue weighted by molar-refractivity contribution is 0.784. The van der Waals surface area contributed by atoms with Gasteiger partial charge in [-0.1, -0.05) is 13.3 Å². The van der Waals surface area contributed by atoms with E-state index in [2.05, 4.69) is 11.3 Å². The van der Waals surface area contributed by atoms with Gasteiger partial charge in [0, 0.05) is 0 Å². The van der Waals surface area contributed by atoms with Gasteiger partial charge < -0.3 is 5.73 Å². The van der Waals surface area contributed by atoms with Gasteiger partial charge in [-0.05, 0) is 30.4 Å². The summed E-state index contributed by atoms with van der Waals surface area (Å²) < 4.78 is 4.17. The lowest BCUT2D eigenvalue weighted by Crippen LogP contribution is -1.82. The van der Waals surface area contributed by atoms with Crippen molar-refractivity contribution in [1.29, 1.82) is 0 Å². The maximum absolute atomic E-state index is 5.51. The lowest BCUT2D eigenvalue weighted by atomic mass is 10.2. The van der Waals surface area contributed by atoms with E-state index in [1.165, 1.54) is 24.4 Å². The van der Waals surface area contributed by atoms with Gasteiger partial charge in [0.05, 0.1) is 5.69 Å². The van der Waals surface area contributed by atoms with Crippen LogP contribution in [0, 0.1) is 0 Å². The van der Waals surface area contributed by atoms with E-state index >= 15 is 0 Å². The van der Waals surface area contributed by atoms with Crippen LogP contribution in [0.2, 0.25) is 0 Å². The summed E-state index contributed by atoms with van der Waals surface area (Å²) in [5.74, 6) is 0. The van der Waals surface area contributed by atoms with Gasteiger partial charge in [0.2, 0.25) is 0 Å². The van der Waals surface area contributed by atoms with Crippen molar-refractivity contribution >= 4 is 16.5 Å². The molecule has 0 unspecified atom stereocenters. The SMILES string of the molecule is CCCCc1cc(N)sn1. The fraction of sp³-hybridized carbons (Fsp3) is 0.571. The minimum atomic E-state index is 0.825. The van der Waals surface area contributed by atoms with Crippen molar-refractivity contribution in [2.24, 2.45) is 0 Å². The molecule has 0 fully saturated rings. The van der Waals surface area contributed by atoms with Crippen LogP contribution in [0.25, 0.3) is 0 Å². The van der Waals surface area contributed by atoms with Gasteiger partial charge in [0.25, 0.3) is 0 Å². The summed E-state index contributed by atoms with van der Waals surface area (Å²) in [5, 5.41) is 0.825. The molecule has 1 aromatic rings. The first kappa shape index (κ1) is 7.54. The maximum atomic E-state index is 5.51. The third-order valence-corrected chi connectivity index (χ3v) is 2.02. The highest BCUT2D eigenvalue weighted by molar-refractivity contribution is 7.09. The van der Waals surface area contributed by atoms with E-state index in [9.17, 15) is 0 Å². The van der Waals surface area contributed by atoms with Crippen molar-refractivity contribution < 1.29 is 0 Å². The summed E-state index contributed by atoms with van der Waals surface area (Å²) in [6.07, 6.45) is 3.50. The number of unbranched alkanes of at least 4 members (excludes halogenated alkanes) is 1. The largest absolute Gasteiger partial charge is 0.389 e. The normalized spacial score (nSPS) is 10.1. The van der Waals surface area contributed by atoms with Gasteiger partial charge in [-0.15, -0.1) is 0 Å². The van der Waals surface area contributed by atoms with Gasteiger partial charge in [0.1, 0.15) is 5.00 Å². The topological polar surface area (TPSA) is 38.9 Å². The van der Waals surface area contributed by atoms with Gasteiger partial charge in [-0.25, -0.2) is 0 Å². The van der Waals surface area contributed by atoms with Crippen LogP contribution in [-0.2, 0) is 6.42 Å². The van der Waals surface area contributed by atoms with Crippen LogP contribution in [0.3, 0.4) is 0 Å². The zero-order valence-corrected chi connectivity index (χ0v) is 6.95. The summed E-state index contributed by atoms with van der Waals surface area (Å²) >= 11 is 1.38. The first-order valence-corrected chi connectivity index (χ1v) is 4.31. The molecule has 0 aliphatic carbocycles. The molecule has 10 heavy (non-hydrogen) atoms. The predicted molar refractivity (Wildman–Crippen MR) is 45.1 cm³/mol. The number of anilines is 1. The van der Waals surface area contributed by atoms with Gasteiger partial charge in [-0.3, -0.25) is 0 Å². The Morgan fingerprint density at radius 3 is 3.00 bits per heavy atom. The van der Waals surface area contributed by atoms with Gasteiger partial charge in [-0.2, -0.15) is 4.37 Å². The monoisotopic (exact) mass is 156 g/mol. The second kappa shape index (κ2) is 3.56. The highest BCUT2D eigenvalue weighted by Crippen LogP contribution is 2.13. The molecular weight excluding hydrogens is 144 g/mol. The van der Waals surface area contributed by atoms with Crippen LogP contribution in [0.5, 0.6) is 0 Å². The molecule has 0 saturated carbocycles. The third kappa shape index (κ3) is 1.99. The smallest absolute Gasteiger partial charge is 0.107 e. The molecule has 1 heterocycles. The minimum Gasteiger partial charge on any atom is -0.389 e. The second-order valence-electron chi connectivity index (χ2n) is 2.32. The Morgan fingerprint density at radius 1 is 1.70 bits per heavy atom. The number of hydrogen-bond acceptors (Lipinski definition) is 3.